The number of nitrogens with two attached hydrogens (primary N) is 1. The zero-order chi connectivity index (χ0) is 16.9. The number of para-hydroxylation sites is 1. The minimum Gasteiger partial charge on any atom is -0.464 e. The van der Waals surface area contributed by atoms with Crippen LogP contribution in [-0.4, -0.2) is 21.9 Å². The molecule has 0 fully saturated rings. The molecule has 0 radical (unpaired) electrons. The van der Waals surface area contributed by atoms with Crippen LogP contribution >= 0.6 is 0 Å². The number of imidazole rings is 1. The largest absolute Gasteiger partial charge is 0.464 e. The first-order valence-corrected chi connectivity index (χ1v) is 7.88. The summed E-state index contributed by atoms with van der Waals surface area (Å²) in [6, 6.07) is 18.8. The Labute approximate surface area is 140 Å². The maximum atomic E-state index is 13.0. The van der Waals surface area contributed by atoms with Gasteiger partial charge in [0.05, 0.1) is 12.3 Å². The average molecular weight is 321 g/mol. The lowest BCUT2D eigenvalue weighted by atomic mass is 10.1. The van der Waals surface area contributed by atoms with Crippen molar-refractivity contribution in [1.82, 2.24) is 9.55 Å². The topological polar surface area (TPSA) is 70.1 Å². The number of benzene rings is 2. The number of carbonyl (C=O) groups is 1. The van der Waals surface area contributed by atoms with Gasteiger partial charge in [-0.1, -0.05) is 55.5 Å². The van der Waals surface area contributed by atoms with Crippen LogP contribution in [0.5, 0.6) is 6.01 Å². The van der Waals surface area contributed by atoms with Crippen LogP contribution < -0.4 is 10.5 Å². The van der Waals surface area contributed by atoms with E-state index in [-0.39, 0.29) is 11.6 Å². The molecule has 0 spiro atoms. The predicted octanol–water partition coefficient (Wildman–Crippen LogP) is 3.47. The number of nitrogen functional groups attached to an aromatic ring is 1. The lowest BCUT2D eigenvalue weighted by Crippen LogP contribution is -2.12. The van der Waals surface area contributed by atoms with E-state index in [4.69, 9.17) is 10.5 Å². The summed E-state index contributed by atoms with van der Waals surface area (Å²) in [5, 5.41) is 0. The third kappa shape index (κ3) is 3.01. The van der Waals surface area contributed by atoms with Crippen LogP contribution in [0.3, 0.4) is 0 Å². The van der Waals surface area contributed by atoms with Crippen LogP contribution in [0.2, 0.25) is 0 Å². The highest BCUT2D eigenvalue weighted by molar-refractivity contribution is 6.11. The molecule has 0 atom stereocenters. The quantitative estimate of drug-likeness (QED) is 0.706. The van der Waals surface area contributed by atoms with Crippen molar-refractivity contribution >= 4 is 11.6 Å². The lowest BCUT2D eigenvalue weighted by molar-refractivity contribution is 0.103. The van der Waals surface area contributed by atoms with Crippen molar-refractivity contribution in [2.24, 2.45) is 0 Å². The molecular weight excluding hydrogens is 302 g/mol. The van der Waals surface area contributed by atoms with Crippen LogP contribution in [0, 0.1) is 0 Å². The maximum absolute atomic E-state index is 13.0. The minimum atomic E-state index is -0.184. The Morgan fingerprint density at radius 2 is 1.71 bits per heavy atom. The van der Waals surface area contributed by atoms with Gasteiger partial charge in [-0.3, -0.25) is 9.36 Å². The smallest absolute Gasteiger partial charge is 0.303 e. The van der Waals surface area contributed by atoms with Gasteiger partial charge in [0.15, 0.2) is 5.82 Å². The van der Waals surface area contributed by atoms with Gasteiger partial charge in [-0.2, -0.15) is 4.98 Å². The van der Waals surface area contributed by atoms with Gasteiger partial charge in [0, 0.05) is 5.56 Å². The van der Waals surface area contributed by atoms with Gasteiger partial charge in [-0.15, -0.1) is 0 Å². The monoisotopic (exact) mass is 321 g/mol. The number of ketones is 1. The van der Waals surface area contributed by atoms with E-state index in [1.165, 1.54) is 0 Å². The van der Waals surface area contributed by atoms with Crippen molar-refractivity contribution in [2.75, 3.05) is 12.3 Å². The molecule has 24 heavy (non-hydrogen) atoms. The fraction of sp³-hybridized carbons (Fsp3) is 0.158. The van der Waals surface area contributed by atoms with E-state index in [0.29, 0.717) is 23.9 Å². The van der Waals surface area contributed by atoms with E-state index < -0.39 is 0 Å². The molecule has 5 nitrogen and oxygen atoms in total. The van der Waals surface area contributed by atoms with E-state index >= 15 is 0 Å². The third-order valence-corrected chi connectivity index (χ3v) is 3.57. The number of anilines is 1. The van der Waals surface area contributed by atoms with Gasteiger partial charge in [-0.25, -0.2) is 0 Å². The molecule has 3 aromatic rings. The van der Waals surface area contributed by atoms with Crippen molar-refractivity contribution in [3.05, 3.63) is 71.9 Å². The SMILES string of the molecule is CCCOc1nc(N)c(C(=O)c2ccccc2)n1-c1ccccc1. The molecule has 5 heteroatoms. The Kier molecular flexibility index (Phi) is 4.61. The molecule has 0 unspecified atom stereocenters. The fourth-order valence-electron chi connectivity index (χ4n) is 2.47. The molecule has 0 saturated carbocycles. The molecule has 0 amide bonds. The zero-order valence-electron chi connectivity index (χ0n) is 13.5. The summed E-state index contributed by atoms with van der Waals surface area (Å²) in [4.78, 5) is 17.2. The molecule has 2 N–H and O–H groups in total. The average Bonchev–Trinajstić information content (AvgIpc) is 2.97. The highest BCUT2D eigenvalue weighted by Crippen LogP contribution is 2.27. The van der Waals surface area contributed by atoms with Gasteiger partial charge in [-0.05, 0) is 18.6 Å². The normalized spacial score (nSPS) is 10.5. The molecule has 0 bridgehead atoms. The maximum Gasteiger partial charge on any atom is 0.303 e. The van der Waals surface area contributed by atoms with E-state index in [0.717, 1.165) is 12.1 Å². The zero-order valence-corrected chi connectivity index (χ0v) is 13.5. The van der Waals surface area contributed by atoms with Crippen molar-refractivity contribution < 1.29 is 9.53 Å². The minimum absolute atomic E-state index is 0.166. The molecule has 3 rings (SSSR count). The van der Waals surface area contributed by atoms with Gasteiger partial charge in [0.25, 0.3) is 0 Å². The molecular formula is C19H19N3O2. The second-order valence-corrected chi connectivity index (χ2v) is 5.34. The predicted molar refractivity (Wildman–Crippen MR) is 93.6 cm³/mol. The van der Waals surface area contributed by atoms with E-state index in [1.54, 1.807) is 16.7 Å². The Morgan fingerprint density at radius 1 is 1.08 bits per heavy atom. The number of nitrogens with zero attached hydrogens (tertiary/aromatic N) is 2. The molecule has 0 aliphatic carbocycles. The summed E-state index contributed by atoms with van der Waals surface area (Å²) in [6.07, 6.45) is 0.837. The highest BCUT2D eigenvalue weighted by atomic mass is 16.5. The summed E-state index contributed by atoms with van der Waals surface area (Å²) in [6.45, 7) is 2.51. The molecule has 0 aliphatic rings. The van der Waals surface area contributed by atoms with Gasteiger partial charge >= 0.3 is 6.01 Å². The van der Waals surface area contributed by atoms with E-state index in [9.17, 15) is 4.79 Å². The molecule has 1 aromatic heterocycles. The van der Waals surface area contributed by atoms with Gasteiger partial charge in [0.1, 0.15) is 5.69 Å². The van der Waals surface area contributed by atoms with Crippen molar-refractivity contribution in [2.45, 2.75) is 13.3 Å². The first-order valence-electron chi connectivity index (χ1n) is 7.88. The third-order valence-electron chi connectivity index (χ3n) is 3.57. The van der Waals surface area contributed by atoms with Gasteiger partial charge in [0.2, 0.25) is 5.78 Å². The van der Waals surface area contributed by atoms with Crippen LogP contribution in [0.4, 0.5) is 5.82 Å². The number of carbonyl (C=O) groups excluding carboxylic acids is 1. The van der Waals surface area contributed by atoms with Gasteiger partial charge < -0.3 is 10.5 Å². The summed E-state index contributed by atoms with van der Waals surface area (Å²) in [5.74, 6) is -0.0189. The standard InChI is InChI=1S/C19H19N3O2/c1-2-13-24-19-21-18(20)16(17(23)14-9-5-3-6-10-14)22(19)15-11-7-4-8-12-15/h3-12H,2,13,20H2,1H3. The summed E-state index contributed by atoms with van der Waals surface area (Å²) in [5.41, 5.74) is 7.72. The summed E-state index contributed by atoms with van der Waals surface area (Å²) < 4.78 is 7.39. The fourth-order valence-corrected chi connectivity index (χ4v) is 2.47. The Balaban J connectivity index is 2.15. The van der Waals surface area contributed by atoms with E-state index in [2.05, 4.69) is 4.98 Å². The number of ether oxygens (including phenoxy) is 1. The Hall–Kier alpha value is -3.08. The van der Waals surface area contributed by atoms with E-state index in [1.807, 2.05) is 55.5 Å². The molecule has 0 aliphatic heterocycles. The number of hydrogen-bond donors (Lipinski definition) is 1. The molecule has 122 valence electrons. The van der Waals surface area contributed by atoms with Crippen LogP contribution in [0.1, 0.15) is 29.4 Å². The number of hydrogen-bond acceptors (Lipinski definition) is 4. The molecule has 2 aromatic carbocycles. The second kappa shape index (κ2) is 7.00. The van der Waals surface area contributed by atoms with Crippen molar-refractivity contribution in [3.63, 3.8) is 0 Å². The summed E-state index contributed by atoms with van der Waals surface area (Å²) in [7, 11) is 0. The van der Waals surface area contributed by atoms with Crippen LogP contribution in [0.15, 0.2) is 60.7 Å². The Morgan fingerprint density at radius 3 is 2.33 bits per heavy atom. The highest BCUT2D eigenvalue weighted by Gasteiger charge is 2.24. The first-order chi connectivity index (χ1) is 11.7. The number of aromatic nitrogens is 2. The second-order valence-electron chi connectivity index (χ2n) is 5.34. The van der Waals surface area contributed by atoms with Crippen molar-refractivity contribution in [3.8, 4) is 11.7 Å². The first kappa shape index (κ1) is 15.8. The number of rotatable bonds is 6. The summed E-state index contributed by atoms with van der Waals surface area (Å²) >= 11 is 0. The molecule has 0 saturated heterocycles. The van der Waals surface area contributed by atoms with Crippen molar-refractivity contribution in [1.29, 1.82) is 0 Å². The lowest BCUT2D eigenvalue weighted by Gasteiger charge is -2.11. The van der Waals surface area contributed by atoms with Crippen LogP contribution in [0.25, 0.3) is 5.69 Å². The van der Waals surface area contributed by atoms with Crippen LogP contribution in [-0.2, 0) is 0 Å². The Bertz CT molecular complexity index is 827. The molecule has 1 heterocycles.